The molecule has 0 amide bonds. The Kier molecular flexibility index (Phi) is 3.07. The predicted molar refractivity (Wildman–Crippen MR) is 75.8 cm³/mol. The Morgan fingerprint density at radius 1 is 1.33 bits per heavy atom. The largest absolute Gasteiger partial charge is 0.252 e. The molecule has 0 saturated heterocycles. The van der Waals surface area contributed by atoms with Gasteiger partial charge in [0.05, 0.1) is 20.4 Å². The first-order chi connectivity index (χ1) is 8.59. The molecule has 0 spiro atoms. The van der Waals surface area contributed by atoms with Gasteiger partial charge in [0.25, 0.3) is 0 Å². The third-order valence-corrected chi connectivity index (χ3v) is 4.55. The quantitative estimate of drug-likeness (QED) is 0.665. The van der Waals surface area contributed by atoms with E-state index in [-0.39, 0.29) is 5.82 Å². The molecule has 1 aliphatic rings. The molecule has 1 heterocycles. The number of aromatic nitrogens is 1. The lowest BCUT2D eigenvalue weighted by molar-refractivity contribution is 0.630. The molecule has 3 rings (SSSR count). The summed E-state index contributed by atoms with van der Waals surface area (Å²) in [4.78, 5) is 4.63. The minimum absolute atomic E-state index is 0.304. The highest BCUT2D eigenvalue weighted by Gasteiger charge is 2.21. The lowest BCUT2D eigenvalue weighted by Crippen LogP contribution is -2.08. The van der Waals surface area contributed by atoms with Crippen LogP contribution in [-0.2, 0) is 12.8 Å². The summed E-state index contributed by atoms with van der Waals surface area (Å²) in [5, 5.41) is 1.01. The number of hydrogen-bond donors (Lipinski definition) is 0. The molecule has 0 aliphatic heterocycles. The van der Waals surface area contributed by atoms with Gasteiger partial charge in [-0.15, -0.1) is 0 Å². The molecule has 0 unspecified atom stereocenters. The highest BCUT2D eigenvalue weighted by Crippen LogP contribution is 2.37. The van der Waals surface area contributed by atoms with Crippen molar-refractivity contribution >= 4 is 38.4 Å². The average molecular weight is 329 g/mol. The zero-order chi connectivity index (χ0) is 12.9. The van der Waals surface area contributed by atoms with E-state index in [0.717, 1.165) is 42.5 Å². The summed E-state index contributed by atoms with van der Waals surface area (Å²) < 4.78 is 14.7. The van der Waals surface area contributed by atoms with Gasteiger partial charge in [0, 0.05) is 5.69 Å². The number of benzene rings is 1. The van der Waals surface area contributed by atoms with Crippen LogP contribution in [0.25, 0.3) is 10.9 Å². The molecule has 2 aromatic rings. The summed E-state index contributed by atoms with van der Waals surface area (Å²) in [6, 6.07) is 1.76. The number of nitrogens with zero attached hydrogens (tertiary/aromatic N) is 1. The van der Waals surface area contributed by atoms with Crippen molar-refractivity contribution in [2.45, 2.75) is 32.6 Å². The van der Waals surface area contributed by atoms with Gasteiger partial charge in [-0.25, -0.2) is 4.39 Å². The van der Waals surface area contributed by atoms with E-state index in [2.05, 4.69) is 20.9 Å². The van der Waals surface area contributed by atoms with E-state index in [1.807, 2.05) is 6.92 Å². The Balaban J connectivity index is 2.46. The first-order valence-corrected chi connectivity index (χ1v) is 7.22. The monoisotopic (exact) mass is 327 g/mol. The van der Waals surface area contributed by atoms with Crippen LogP contribution < -0.4 is 0 Å². The van der Waals surface area contributed by atoms with Crippen molar-refractivity contribution in [2.24, 2.45) is 0 Å². The molecular formula is C14H12BrClFN. The summed E-state index contributed by atoms with van der Waals surface area (Å²) in [6.07, 6.45) is 4.10. The first-order valence-electron chi connectivity index (χ1n) is 6.05. The molecule has 94 valence electrons. The van der Waals surface area contributed by atoms with Crippen LogP contribution in [0.1, 0.15) is 29.7 Å². The fourth-order valence-electron chi connectivity index (χ4n) is 2.62. The zero-order valence-corrected chi connectivity index (χ0v) is 12.3. The van der Waals surface area contributed by atoms with Crippen molar-refractivity contribution in [3.8, 4) is 0 Å². The number of aryl methyl sites for hydroxylation is 2. The van der Waals surface area contributed by atoms with Crippen molar-refractivity contribution in [3.05, 3.63) is 38.2 Å². The average Bonchev–Trinajstić information content (AvgIpc) is 2.36. The molecule has 18 heavy (non-hydrogen) atoms. The van der Waals surface area contributed by atoms with E-state index in [4.69, 9.17) is 11.6 Å². The zero-order valence-electron chi connectivity index (χ0n) is 9.99. The maximum atomic E-state index is 14.2. The van der Waals surface area contributed by atoms with Gasteiger partial charge in [0.2, 0.25) is 0 Å². The Morgan fingerprint density at radius 2 is 2.06 bits per heavy atom. The minimum Gasteiger partial charge on any atom is -0.252 e. The van der Waals surface area contributed by atoms with Crippen LogP contribution in [0, 0.1) is 12.7 Å². The van der Waals surface area contributed by atoms with Crippen LogP contribution in [-0.4, -0.2) is 4.98 Å². The van der Waals surface area contributed by atoms with Crippen LogP contribution >= 0.6 is 27.5 Å². The van der Waals surface area contributed by atoms with Gasteiger partial charge in [-0.2, -0.15) is 0 Å². The third kappa shape index (κ3) is 1.76. The summed E-state index contributed by atoms with van der Waals surface area (Å²) in [5.74, 6) is -0.304. The van der Waals surface area contributed by atoms with Gasteiger partial charge in [0.15, 0.2) is 0 Å². The van der Waals surface area contributed by atoms with Crippen LogP contribution in [0.2, 0.25) is 5.02 Å². The summed E-state index contributed by atoms with van der Waals surface area (Å²) >= 11 is 9.64. The highest BCUT2D eigenvalue weighted by molar-refractivity contribution is 9.10. The number of halogens is 3. The Hall–Kier alpha value is -0.670. The lowest BCUT2D eigenvalue weighted by atomic mass is 9.94. The van der Waals surface area contributed by atoms with Gasteiger partial charge in [-0.05, 0) is 65.7 Å². The summed E-state index contributed by atoms with van der Waals surface area (Å²) in [7, 11) is 0. The molecule has 0 bridgehead atoms. The topological polar surface area (TPSA) is 12.9 Å². The molecule has 0 atom stereocenters. The molecular weight excluding hydrogens is 317 g/mol. The summed E-state index contributed by atoms with van der Waals surface area (Å²) in [5.41, 5.74) is 3.73. The highest BCUT2D eigenvalue weighted by atomic mass is 79.9. The molecule has 1 aromatic heterocycles. The Labute approximate surface area is 118 Å². The third-order valence-electron chi connectivity index (χ3n) is 3.55. The molecule has 1 nitrogen and oxygen atoms in total. The summed E-state index contributed by atoms with van der Waals surface area (Å²) in [6.45, 7) is 1.94. The van der Waals surface area contributed by atoms with Crippen molar-refractivity contribution in [3.63, 3.8) is 0 Å². The Morgan fingerprint density at radius 3 is 2.83 bits per heavy atom. The van der Waals surface area contributed by atoms with Crippen molar-refractivity contribution in [2.75, 3.05) is 0 Å². The molecule has 0 fully saturated rings. The molecule has 0 radical (unpaired) electrons. The van der Waals surface area contributed by atoms with E-state index < -0.39 is 0 Å². The number of hydrogen-bond acceptors (Lipinski definition) is 1. The maximum absolute atomic E-state index is 14.2. The van der Waals surface area contributed by atoms with Crippen LogP contribution in [0.15, 0.2) is 10.5 Å². The fourth-order valence-corrected chi connectivity index (χ4v) is 3.54. The second kappa shape index (κ2) is 4.46. The molecule has 4 heteroatoms. The number of fused-ring (bicyclic) bond motifs is 2. The number of rotatable bonds is 0. The first kappa shape index (κ1) is 12.4. The minimum atomic E-state index is -0.304. The normalized spacial score (nSPS) is 14.9. The van der Waals surface area contributed by atoms with Gasteiger partial charge < -0.3 is 0 Å². The van der Waals surface area contributed by atoms with E-state index in [1.165, 1.54) is 0 Å². The van der Waals surface area contributed by atoms with Gasteiger partial charge in [0.1, 0.15) is 5.82 Å². The molecule has 1 aliphatic carbocycles. The van der Waals surface area contributed by atoms with Crippen LogP contribution in [0.4, 0.5) is 4.39 Å². The van der Waals surface area contributed by atoms with Crippen molar-refractivity contribution in [1.29, 1.82) is 0 Å². The van der Waals surface area contributed by atoms with E-state index in [1.54, 1.807) is 6.07 Å². The van der Waals surface area contributed by atoms with Crippen LogP contribution in [0.5, 0.6) is 0 Å². The van der Waals surface area contributed by atoms with E-state index in [9.17, 15) is 4.39 Å². The Bertz CT molecular complexity index is 654. The predicted octanol–water partition coefficient (Wildman–Crippen LogP) is 4.98. The lowest BCUT2D eigenvalue weighted by Gasteiger charge is -2.19. The van der Waals surface area contributed by atoms with Gasteiger partial charge >= 0.3 is 0 Å². The van der Waals surface area contributed by atoms with E-state index in [0.29, 0.717) is 20.4 Å². The SMILES string of the molecule is Cc1cc(Br)c(F)c2c(Cl)c3c(nc12)CCCC3. The number of pyridine rings is 1. The molecule has 0 saturated carbocycles. The fraction of sp³-hybridized carbons (Fsp3) is 0.357. The second-order valence-electron chi connectivity index (χ2n) is 4.77. The van der Waals surface area contributed by atoms with E-state index >= 15 is 0 Å². The van der Waals surface area contributed by atoms with Gasteiger partial charge in [-0.1, -0.05) is 11.6 Å². The molecule has 1 aromatic carbocycles. The van der Waals surface area contributed by atoms with Crippen molar-refractivity contribution in [1.82, 2.24) is 4.98 Å². The van der Waals surface area contributed by atoms with Crippen molar-refractivity contribution < 1.29 is 4.39 Å². The smallest absolute Gasteiger partial charge is 0.148 e. The maximum Gasteiger partial charge on any atom is 0.148 e. The standard InChI is InChI=1S/C14H12BrClFN/c1-7-6-9(15)13(17)11-12(16)8-4-2-3-5-10(8)18-14(7)11/h6H,2-5H2,1H3. The van der Waals surface area contributed by atoms with Crippen LogP contribution in [0.3, 0.4) is 0 Å². The second-order valence-corrected chi connectivity index (χ2v) is 6.00. The van der Waals surface area contributed by atoms with Gasteiger partial charge in [-0.3, -0.25) is 4.98 Å². The molecule has 0 N–H and O–H groups in total.